The van der Waals surface area contributed by atoms with Crippen LogP contribution in [0.25, 0.3) is 0 Å². The van der Waals surface area contributed by atoms with Crippen molar-refractivity contribution >= 4 is 27.5 Å². The summed E-state index contributed by atoms with van der Waals surface area (Å²) in [5.74, 6) is 0.388. The minimum Gasteiger partial charge on any atom is -0.295 e. The Bertz CT molecular complexity index is 493. The minimum absolute atomic E-state index is 0.194. The monoisotopic (exact) mass is 260 g/mol. The van der Waals surface area contributed by atoms with E-state index in [1.165, 1.54) is 11.3 Å². The molecule has 88 valence electrons. The van der Waals surface area contributed by atoms with Gasteiger partial charge in [-0.25, -0.2) is 8.42 Å². The molecule has 5 nitrogen and oxygen atoms in total. The fourth-order valence-electron chi connectivity index (χ4n) is 1.73. The van der Waals surface area contributed by atoms with Gasteiger partial charge in [0.2, 0.25) is 0 Å². The first-order valence-corrected chi connectivity index (χ1v) is 7.59. The maximum atomic E-state index is 11.3. The molecule has 0 aliphatic carbocycles. The molecule has 1 fully saturated rings. The second-order valence-corrected chi connectivity index (χ2v) is 7.59. The molecule has 0 unspecified atom stereocenters. The zero-order valence-electron chi connectivity index (χ0n) is 8.84. The first-order chi connectivity index (χ1) is 7.45. The smallest absolute Gasteiger partial charge is 0.180 e. The van der Waals surface area contributed by atoms with E-state index >= 15 is 0 Å². The average Bonchev–Trinajstić information content (AvgIpc) is 2.72. The number of hydrogen-bond acceptors (Lipinski definition) is 6. The third-order valence-corrected chi connectivity index (χ3v) is 5.79. The van der Waals surface area contributed by atoms with Gasteiger partial charge in [-0.1, -0.05) is 18.3 Å². The van der Waals surface area contributed by atoms with Crippen LogP contribution in [-0.2, 0) is 15.3 Å². The van der Waals surface area contributed by atoms with Crippen molar-refractivity contribution < 1.29 is 13.2 Å². The predicted octanol–water partition coefficient (Wildman–Crippen LogP) is 0.817. The zero-order valence-corrected chi connectivity index (χ0v) is 10.5. The summed E-state index contributed by atoms with van der Waals surface area (Å²) in [5, 5.41) is 8.83. The quantitative estimate of drug-likeness (QED) is 0.736. The van der Waals surface area contributed by atoms with Crippen LogP contribution in [0, 0.1) is 0 Å². The molecule has 2 heterocycles. The summed E-state index contributed by atoms with van der Waals surface area (Å²) in [4.78, 5) is 10.5. The van der Waals surface area contributed by atoms with Crippen LogP contribution in [0.3, 0.4) is 0 Å². The van der Waals surface area contributed by atoms with Crippen LogP contribution >= 0.6 is 11.3 Å². The summed E-state index contributed by atoms with van der Waals surface area (Å²) in [6, 6.07) is 0. The Morgan fingerprint density at radius 2 is 1.94 bits per heavy atom. The summed E-state index contributed by atoms with van der Waals surface area (Å²) in [6.45, 7) is 1.98. The van der Waals surface area contributed by atoms with Crippen LogP contribution in [0.2, 0.25) is 0 Å². The molecule has 2 rings (SSSR count). The molecule has 0 N–H and O–H groups in total. The standard InChI is InChI=1S/C9H12N2O3S2/c1-9(2-4-16(13,14)5-3-9)8-11-10-7(6-12)15-8/h6H,2-5H2,1H3. The molecule has 1 aliphatic heterocycles. The Hall–Kier alpha value is -0.820. The Balaban J connectivity index is 2.24. The number of rotatable bonds is 2. The molecule has 1 aromatic heterocycles. The topological polar surface area (TPSA) is 77.0 Å². The molecule has 1 saturated heterocycles. The minimum atomic E-state index is -2.87. The van der Waals surface area contributed by atoms with Crippen LogP contribution in [0.15, 0.2) is 0 Å². The highest BCUT2D eigenvalue weighted by Gasteiger charge is 2.37. The SMILES string of the molecule is CC1(c2nnc(C=O)s2)CCS(=O)(=O)CC1. The molecule has 0 bridgehead atoms. The molecule has 0 radical (unpaired) electrons. The molecule has 0 saturated carbocycles. The second-order valence-electron chi connectivity index (χ2n) is 4.28. The highest BCUT2D eigenvalue weighted by Crippen LogP contribution is 2.37. The summed E-state index contributed by atoms with van der Waals surface area (Å²) in [5.41, 5.74) is -0.246. The average molecular weight is 260 g/mol. The van der Waals surface area contributed by atoms with Gasteiger partial charge in [0, 0.05) is 5.41 Å². The van der Waals surface area contributed by atoms with Crippen molar-refractivity contribution in [2.24, 2.45) is 0 Å². The lowest BCUT2D eigenvalue weighted by Gasteiger charge is -2.30. The highest BCUT2D eigenvalue weighted by atomic mass is 32.2. The van der Waals surface area contributed by atoms with E-state index in [0.717, 1.165) is 5.01 Å². The van der Waals surface area contributed by atoms with Crippen LogP contribution in [0.5, 0.6) is 0 Å². The van der Waals surface area contributed by atoms with Crippen molar-refractivity contribution in [3.63, 3.8) is 0 Å². The number of nitrogens with zero attached hydrogens (tertiary/aromatic N) is 2. The van der Waals surface area contributed by atoms with Crippen molar-refractivity contribution in [1.29, 1.82) is 0 Å². The molecule has 1 aliphatic rings. The number of sulfone groups is 1. The van der Waals surface area contributed by atoms with Gasteiger partial charge in [-0.2, -0.15) is 0 Å². The Kier molecular flexibility index (Phi) is 2.83. The third-order valence-electron chi connectivity index (χ3n) is 2.99. The lowest BCUT2D eigenvalue weighted by atomic mass is 9.85. The fraction of sp³-hybridized carbons (Fsp3) is 0.667. The van der Waals surface area contributed by atoms with Crippen molar-refractivity contribution in [3.8, 4) is 0 Å². The van der Waals surface area contributed by atoms with Gasteiger partial charge in [0.25, 0.3) is 0 Å². The maximum Gasteiger partial charge on any atom is 0.180 e. The van der Waals surface area contributed by atoms with Gasteiger partial charge in [-0.3, -0.25) is 4.79 Å². The first kappa shape index (κ1) is 11.7. The van der Waals surface area contributed by atoms with E-state index in [-0.39, 0.29) is 16.9 Å². The van der Waals surface area contributed by atoms with Gasteiger partial charge in [-0.05, 0) is 12.8 Å². The van der Waals surface area contributed by atoms with Gasteiger partial charge in [0.15, 0.2) is 11.3 Å². The van der Waals surface area contributed by atoms with Crippen LogP contribution in [0.1, 0.15) is 34.6 Å². The van der Waals surface area contributed by atoms with Gasteiger partial charge < -0.3 is 0 Å². The van der Waals surface area contributed by atoms with E-state index in [1.807, 2.05) is 6.92 Å². The number of hydrogen-bond donors (Lipinski definition) is 0. The molecule has 7 heteroatoms. The first-order valence-electron chi connectivity index (χ1n) is 4.95. The highest BCUT2D eigenvalue weighted by molar-refractivity contribution is 7.91. The lowest BCUT2D eigenvalue weighted by Crippen LogP contribution is -2.34. The molecule has 0 amide bonds. The summed E-state index contributed by atoms with van der Waals surface area (Å²) in [6.07, 6.45) is 1.79. The third kappa shape index (κ3) is 2.15. The number of carbonyl (C=O) groups excluding carboxylic acids is 1. The van der Waals surface area contributed by atoms with Crippen LogP contribution < -0.4 is 0 Å². The molecule has 0 atom stereocenters. The lowest BCUT2D eigenvalue weighted by molar-refractivity contribution is 0.112. The molecule has 1 aromatic rings. The van der Waals surface area contributed by atoms with E-state index < -0.39 is 9.84 Å². The van der Waals surface area contributed by atoms with Crippen molar-refractivity contribution in [1.82, 2.24) is 10.2 Å². The zero-order chi connectivity index (χ0) is 11.8. The van der Waals surface area contributed by atoms with Gasteiger partial charge in [-0.15, -0.1) is 10.2 Å². The molecular formula is C9H12N2O3S2. The maximum absolute atomic E-state index is 11.3. The Morgan fingerprint density at radius 3 is 2.44 bits per heavy atom. The van der Waals surface area contributed by atoms with Crippen LogP contribution in [-0.4, -0.2) is 36.4 Å². The van der Waals surface area contributed by atoms with Gasteiger partial charge in [0.05, 0.1) is 11.5 Å². The predicted molar refractivity (Wildman–Crippen MR) is 60.5 cm³/mol. The van der Waals surface area contributed by atoms with Gasteiger partial charge in [0.1, 0.15) is 14.8 Å². The summed E-state index contributed by atoms with van der Waals surface area (Å²) >= 11 is 1.25. The molecule has 0 spiro atoms. The van der Waals surface area contributed by atoms with E-state index in [0.29, 0.717) is 24.1 Å². The Morgan fingerprint density at radius 1 is 1.31 bits per heavy atom. The normalized spacial score (nSPS) is 22.8. The number of aldehydes is 1. The number of aromatic nitrogens is 2. The van der Waals surface area contributed by atoms with E-state index in [1.54, 1.807) is 0 Å². The van der Waals surface area contributed by atoms with Crippen molar-refractivity contribution in [2.45, 2.75) is 25.2 Å². The molecule has 0 aromatic carbocycles. The van der Waals surface area contributed by atoms with E-state index in [9.17, 15) is 13.2 Å². The summed E-state index contributed by atoms with van der Waals surface area (Å²) in [7, 11) is -2.87. The second kappa shape index (κ2) is 3.89. The molecular weight excluding hydrogens is 248 g/mol. The van der Waals surface area contributed by atoms with Crippen molar-refractivity contribution in [2.75, 3.05) is 11.5 Å². The summed E-state index contributed by atoms with van der Waals surface area (Å²) < 4.78 is 22.7. The van der Waals surface area contributed by atoms with E-state index in [2.05, 4.69) is 10.2 Å². The molecule has 16 heavy (non-hydrogen) atoms. The van der Waals surface area contributed by atoms with Crippen molar-refractivity contribution in [3.05, 3.63) is 10.0 Å². The van der Waals surface area contributed by atoms with E-state index in [4.69, 9.17) is 0 Å². The Labute approximate surface area is 97.8 Å². The van der Waals surface area contributed by atoms with Crippen LogP contribution in [0.4, 0.5) is 0 Å². The largest absolute Gasteiger partial charge is 0.295 e. The number of carbonyl (C=O) groups is 1. The fourth-order valence-corrected chi connectivity index (χ4v) is 4.32. The van der Waals surface area contributed by atoms with Gasteiger partial charge >= 0.3 is 0 Å².